The molecular formula is C21H23F3N4O4. The van der Waals surface area contributed by atoms with Crippen molar-refractivity contribution in [2.45, 2.75) is 59.0 Å². The summed E-state index contributed by atoms with van der Waals surface area (Å²) in [6, 6.07) is 3.92. The number of nitrogens with one attached hydrogen (secondary N) is 1. The second-order valence-electron chi connectivity index (χ2n) is 7.27. The summed E-state index contributed by atoms with van der Waals surface area (Å²) in [5.74, 6) is -0.730. The number of hydrogen-bond donors (Lipinski definition) is 1. The number of esters is 1. The predicted molar refractivity (Wildman–Crippen MR) is 110 cm³/mol. The normalized spacial score (nSPS) is 11.8. The highest BCUT2D eigenvalue weighted by Crippen LogP contribution is 2.29. The topological polar surface area (TPSA) is 99.0 Å². The average molecular weight is 452 g/mol. The van der Waals surface area contributed by atoms with Crippen LogP contribution in [0.4, 0.5) is 13.2 Å². The van der Waals surface area contributed by atoms with Crippen LogP contribution in [-0.2, 0) is 30.6 Å². The van der Waals surface area contributed by atoms with Crippen molar-refractivity contribution in [3.63, 3.8) is 0 Å². The molecule has 0 atom stereocenters. The molecule has 0 aliphatic rings. The number of fused-ring (bicyclic) bond motifs is 1. The van der Waals surface area contributed by atoms with Crippen LogP contribution < -0.4 is 11.2 Å². The Balaban J connectivity index is 1.96. The second-order valence-corrected chi connectivity index (χ2v) is 7.27. The lowest BCUT2D eigenvalue weighted by Crippen LogP contribution is -2.31. The summed E-state index contributed by atoms with van der Waals surface area (Å²) in [6.07, 6.45) is -2.44. The van der Waals surface area contributed by atoms with Gasteiger partial charge in [0.05, 0.1) is 11.1 Å². The van der Waals surface area contributed by atoms with Crippen molar-refractivity contribution in [1.82, 2.24) is 19.1 Å². The number of imidazole rings is 1. The minimum atomic E-state index is -4.59. The van der Waals surface area contributed by atoms with E-state index < -0.39 is 29.0 Å². The van der Waals surface area contributed by atoms with Gasteiger partial charge in [0, 0.05) is 13.1 Å². The summed E-state index contributed by atoms with van der Waals surface area (Å²) in [7, 11) is 0. The summed E-state index contributed by atoms with van der Waals surface area (Å²) in [5.41, 5.74) is -2.02. The molecule has 3 aromatic rings. The van der Waals surface area contributed by atoms with E-state index in [-0.39, 0.29) is 29.2 Å². The van der Waals surface area contributed by atoms with Crippen molar-refractivity contribution < 1.29 is 22.7 Å². The average Bonchev–Trinajstić information content (AvgIpc) is 3.10. The van der Waals surface area contributed by atoms with Crippen LogP contribution in [0.3, 0.4) is 0 Å². The van der Waals surface area contributed by atoms with E-state index in [9.17, 15) is 27.6 Å². The lowest BCUT2D eigenvalue weighted by molar-refractivity contribution is -0.137. The van der Waals surface area contributed by atoms with Crippen molar-refractivity contribution in [2.75, 3.05) is 0 Å². The number of rotatable bonds is 8. The number of carbonyl (C=O) groups excluding carboxylic acids is 1. The molecule has 2 aromatic heterocycles. The van der Waals surface area contributed by atoms with Crippen LogP contribution >= 0.6 is 0 Å². The number of aromatic amines is 1. The Morgan fingerprint density at radius 2 is 1.88 bits per heavy atom. The van der Waals surface area contributed by atoms with Gasteiger partial charge in [-0.15, -0.1) is 0 Å². The van der Waals surface area contributed by atoms with Crippen molar-refractivity contribution in [3.8, 4) is 0 Å². The first-order valence-corrected chi connectivity index (χ1v) is 10.2. The first-order valence-electron chi connectivity index (χ1n) is 10.2. The molecule has 0 bridgehead atoms. The smallest absolute Gasteiger partial charge is 0.416 e. The van der Waals surface area contributed by atoms with E-state index in [4.69, 9.17) is 4.74 Å². The molecule has 11 heteroatoms. The van der Waals surface area contributed by atoms with Crippen LogP contribution in [0, 0.1) is 0 Å². The van der Waals surface area contributed by atoms with E-state index in [1.165, 1.54) is 10.6 Å². The summed E-state index contributed by atoms with van der Waals surface area (Å²) in [4.78, 5) is 43.8. The first-order chi connectivity index (χ1) is 15.2. The third kappa shape index (κ3) is 4.76. The molecule has 2 heterocycles. The quantitative estimate of drug-likeness (QED) is 0.528. The zero-order valence-electron chi connectivity index (χ0n) is 17.7. The molecule has 0 amide bonds. The molecule has 0 unspecified atom stereocenters. The van der Waals surface area contributed by atoms with Gasteiger partial charge in [0.2, 0.25) is 0 Å². The molecule has 0 saturated heterocycles. The van der Waals surface area contributed by atoms with Crippen LogP contribution in [0.1, 0.15) is 54.9 Å². The molecule has 172 valence electrons. The maximum absolute atomic E-state index is 12.9. The number of halogens is 3. The van der Waals surface area contributed by atoms with Gasteiger partial charge in [0.15, 0.2) is 11.2 Å². The van der Waals surface area contributed by atoms with Gasteiger partial charge >= 0.3 is 17.8 Å². The number of aryl methyl sites for hydroxylation is 2. The van der Waals surface area contributed by atoms with Gasteiger partial charge in [-0.25, -0.2) is 14.6 Å². The monoisotopic (exact) mass is 452 g/mol. The fourth-order valence-corrected chi connectivity index (χ4v) is 3.35. The lowest BCUT2D eigenvalue weighted by Gasteiger charge is -2.10. The molecule has 0 aliphatic carbocycles. The standard InChI is InChI=1S/C21H23F3N4O4/c1-3-5-10-28-17-16(18(29)26-20(28)31)27(9-4-2)15(25-17)12-32-19(30)13-7-6-8-14(11-13)21(22,23)24/h6-8,11H,3-5,9-10,12H2,1-2H3,(H,26,29,31). The van der Waals surface area contributed by atoms with Crippen LogP contribution in [0.5, 0.6) is 0 Å². The van der Waals surface area contributed by atoms with Gasteiger partial charge in [0.25, 0.3) is 5.56 Å². The van der Waals surface area contributed by atoms with Gasteiger partial charge < -0.3 is 9.30 Å². The number of carbonyl (C=O) groups is 1. The molecular weight excluding hydrogens is 429 g/mol. The molecule has 0 radical (unpaired) electrons. The number of benzene rings is 1. The Morgan fingerprint density at radius 3 is 2.53 bits per heavy atom. The van der Waals surface area contributed by atoms with Crippen LogP contribution in [0.2, 0.25) is 0 Å². The molecule has 1 aromatic carbocycles. The second kappa shape index (κ2) is 9.41. The summed E-state index contributed by atoms with van der Waals surface area (Å²) < 4.78 is 46.9. The summed E-state index contributed by atoms with van der Waals surface area (Å²) in [6.45, 7) is 4.20. The Morgan fingerprint density at radius 1 is 1.12 bits per heavy atom. The number of alkyl halides is 3. The summed E-state index contributed by atoms with van der Waals surface area (Å²) in [5, 5.41) is 0. The zero-order valence-corrected chi connectivity index (χ0v) is 17.7. The zero-order chi connectivity index (χ0) is 23.5. The van der Waals surface area contributed by atoms with E-state index in [1.807, 2.05) is 13.8 Å². The third-order valence-electron chi connectivity index (χ3n) is 4.91. The Labute approximate surface area is 180 Å². The van der Waals surface area contributed by atoms with Gasteiger partial charge in [0.1, 0.15) is 12.4 Å². The van der Waals surface area contributed by atoms with E-state index >= 15 is 0 Å². The number of H-pyrrole nitrogens is 1. The molecule has 0 aliphatic heterocycles. The van der Waals surface area contributed by atoms with Crippen molar-refractivity contribution in [1.29, 1.82) is 0 Å². The van der Waals surface area contributed by atoms with Crippen LogP contribution in [0.15, 0.2) is 33.9 Å². The first kappa shape index (κ1) is 23.3. The fraction of sp³-hybridized carbons (Fsp3) is 0.429. The van der Waals surface area contributed by atoms with E-state index in [2.05, 4.69) is 9.97 Å². The van der Waals surface area contributed by atoms with E-state index in [1.54, 1.807) is 4.57 Å². The maximum Gasteiger partial charge on any atom is 0.416 e. The highest BCUT2D eigenvalue weighted by molar-refractivity contribution is 5.89. The van der Waals surface area contributed by atoms with Gasteiger partial charge in [-0.2, -0.15) is 13.2 Å². The Bertz CT molecular complexity index is 1240. The maximum atomic E-state index is 12.9. The fourth-order valence-electron chi connectivity index (χ4n) is 3.35. The van der Waals surface area contributed by atoms with E-state index in [0.717, 1.165) is 18.6 Å². The van der Waals surface area contributed by atoms with Crippen molar-refractivity contribution in [2.24, 2.45) is 0 Å². The minimum Gasteiger partial charge on any atom is -0.454 e. The van der Waals surface area contributed by atoms with Crippen LogP contribution in [-0.4, -0.2) is 25.1 Å². The highest BCUT2D eigenvalue weighted by atomic mass is 19.4. The van der Waals surface area contributed by atoms with Gasteiger partial charge in [-0.3, -0.25) is 14.3 Å². The van der Waals surface area contributed by atoms with Crippen molar-refractivity contribution in [3.05, 3.63) is 62.1 Å². The van der Waals surface area contributed by atoms with Crippen LogP contribution in [0.25, 0.3) is 11.2 Å². The molecule has 0 saturated carbocycles. The molecule has 1 N–H and O–H groups in total. The third-order valence-corrected chi connectivity index (χ3v) is 4.91. The van der Waals surface area contributed by atoms with Gasteiger partial charge in [-0.1, -0.05) is 26.3 Å². The molecule has 32 heavy (non-hydrogen) atoms. The highest BCUT2D eigenvalue weighted by Gasteiger charge is 2.31. The molecule has 8 nitrogen and oxygen atoms in total. The SMILES string of the molecule is CCCCn1c(=O)[nH]c(=O)c2c1nc(COC(=O)c1cccc(C(F)(F)F)c1)n2CCC. The minimum absolute atomic E-state index is 0.186. The Kier molecular flexibility index (Phi) is 6.85. The summed E-state index contributed by atoms with van der Waals surface area (Å²) >= 11 is 0. The number of ether oxygens (including phenoxy) is 1. The predicted octanol–water partition coefficient (Wildman–Crippen LogP) is 3.47. The van der Waals surface area contributed by atoms with E-state index in [0.29, 0.717) is 32.0 Å². The Hall–Kier alpha value is -3.37. The molecule has 0 spiro atoms. The number of nitrogens with zero attached hydrogens (tertiary/aromatic N) is 3. The van der Waals surface area contributed by atoms with Gasteiger partial charge in [-0.05, 0) is 31.0 Å². The largest absolute Gasteiger partial charge is 0.454 e. The number of hydrogen-bond acceptors (Lipinski definition) is 5. The van der Waals surface area contributed by atoms with Crippen molar-refractivity contribution >= 4 is 17.1 Å². The number of unbranched alkanes of at least 4 members (excludes halogenated alkanes) is 1. The number of aromatic nitrogens is 4. The molecule has 3 rings (SSSR count). The lowest BCUT2D eigenvalue weighted by atomic mass is 10.1. The molecule has 0 fully saturated rings.